The minimum absolute atomic E-state index is 0.208. The van der Waals surface area contributed by atoms with Crippen LogP contribution in [0.1, 0.15) is 150 Å². The highest BCUT2D eigenvalue weighted by molar-refractivity contribution is 5.69. The third-order valence-electron chi connectivity index (χ3n) is 6.84. The van der Waals surface area contributed by atoms with Gasteiger partial charge in [-0.3, -0.25) is 4.79 Å². The maximum atomic E-state index is 11.0. The lowest BCUT2D eigenvalue weighted by molar-refractivity contribution is -0.141. The number of aliphatic carboxylic acids is 1. The van der Waals surface area contributed by atoms with Gasteiger partial charge in [-0.1, -0.05) is 131 Å². The summed E-state index contributed by atoms with van der Waals surface area (Å²) in [5.41, 5.74) is 0. The maximum absolute atomic E-state index is 11.0. The van der Waals surface area contributed by atoms with Crippen molar-refractivity contribution in [2.75, 3.05) is 0 Å². The average molecular weight is 425 g/mol. The number of hydrogen-bond donors (Lipinski definition) is 1. The number of carboxylic acid groups (broad SMARTS) is 1. The summed E-state index contributed by atoms with van der Waals surface area (Å²) in [4.78, 5) is 11.0. The topological polar surface area (TPSA) is 37.3 Å². The van der Waals surface area contributed by atoms with Crippen molar-refractivity contribution in [3.05, 3.63) is 0 Å². The van der Waals surface area contributed by atoms with E-state index in [0.717, 1.165) is 12.3 Å². The molecule has 0 aliphatic rings. The Morgan fingerprint density at radius 2 is 0.933 bits per heavy atom. The molecule has 30 heavy (non-hydrogen) atoms. The molecule has 0 aliphatic carbocycles. The van der Waals surface area contributed by atoms with Crippen molar-refractivity contribution < 1.29 is 9.90 Å². The van der Waals surface area contributed by atoms with E-state index in [2.05, 4.69) is 27.7 Å². The third-order valence-corrected chi connectivity index (χ3v) is 6.84. The predicted octanol–water partition coefficient (Wildman–Crippen LogP) is 9.66. The highest BCUT2D eigenvalue weighted by Crippen LogP contribution is 2.26. The van der Waals surface area contributed by atoms with E-state index in [-0.39, 0.29) is 5.92 Å². The SMILES string of the molecule is CCCCCCCCCCCCCCCCC(C)CC(C)CC(C)CC(C)C(=O)O. The number of unbranched alkanes of at least 4 members (excludes halogenated alkanes) is 13. The lowest BCUT2D eigenvalue weighted by Gasteiger charge is -2.21. The van der Waals surface area contributed by atoms with Gasteiger partial charge in [0.05, 0.1) is 5.92 Å². The smallest absolute Gasteiger partial charge is 0.306 e. The Balaban J connectivity index is 3.46. The first kappa shape index (κ1) is 29.5. The molecule has 0 amide bonds. The minimum Gasteiger partial charge on any atom is -0.481 e. The summed E-state index contributed by atoms with van der Waals surface area (Å²) >= 11 is 0. The number of carbonyl (C=O) groups is 1. The monoisotopic (exact) mass is 424 g/mol. The molecule has 0 heterocycles. The van der Waals surface area contributed by atoms with Gasteiger partial charge in [-0.05, 0) is 37.0 Å². The van der Waals surface area contributed by atoms with Crippen LogP contribution in [0.3, 0.4) is 0 Å². The number of carboxylic acids is 1. The van der Waals surface area contributed by atoms with Gasteiger partial charge in [-0.2, -0.15) is 0 Å². The van der Waals surface area contributed by atoms with E-state index in [1.807, 2.05) is 6.92 Å². The molecule has 0 aliphatic heterocycles. The fourth-order valence-electron chi connectivity index (χ4n) is 5.08. The van der Waals surface area contributed by atoms with Gasteiger partial charge in [0, 0.05) is 0 Å². The normalized spacial score (nSPS) is 15.6. The van der Waals surface area contributed by atoms with Crippen LogP contribution in [-0.4, -0.2) is 11.1 Å². The van der Waals surface area contributed by atoms with Gasteiger partial charge < -0.3 is 5.11 Å². The van der Waals surface area contributed by atoms with Crippen molar-refractivity contribution >= 4 is 5.97 Å². The van der Waals surface area contributed by atoms with Crippen molar-refractivity contribution in [2.24, 2.45) is 23.7 Å². The van der Waals surface area contributed by atoms with Gasteiger partial charge in [0.15, 0.2) is 0 Å². The fraction of sp³-hybridized carbons (Fsp3) is 0.964. The van der Waals surface area contributed by atoms with E-state index in [1.165, 1.54) is 109 Å². The van der Waals surface area contributed by atoms with Gasteiger partial charge in [0.25, 0.3) is 0 Å². The van der Waals surface area contributed by atoms with Crippen LogP contribution in [0.25, 0.3) is 0 Å². The summed E-state index contributed by atoms with van der Waals surface area (Å²) in [5.74, 6) is 1.17. The molecule has 4 unspecified atom stereocenters. The van der Waals surface area contributed by atoms with Crippen LogP contribution >= 0.6 is 0 Å². The Labute approximate surface area is 190 Å². The Kier molecular flexibility index (Phi) is 20.0. The van der Waals surface area contributed by atoms with Crippen LogP contribution in [0.2, 0.25) is 0 Å². The lowest BCUT2D eigenvalue weighted by atomic mass is 9.84. The van der Waals surface area contributed by atoms with E-state index in [4.69, 9.17) is 5.11 Å². The van der Waals surface area contributed by atoms with Crippen molar-refractivity contribution in [3.63, 3.8) is 0 Å². The first-order chi connectivity index (χ1) is 14.4. The summed E-state index contributed by atoms with van der Waals surface area (Å²) < 4.78 is 0. The van der Waals surface area contributed by atoms with E-state index >= 15 is 0 Å². The molecule has 0 spiro atoms. The second kappa shape index (κ2) is 20.4. The highest BCUT2D eigenvalue weighted by Gasteiger charge is 2.18. The zero-order valence-electron chi connectivity index (χ0n) is 21.4. The molecule has 4 atom stereocenters. The second-order valence-corrected chi connectivity index (χ2v) is 10.6. The molecule has 0 bridgehead atoms. The molecule has 2 heteroatoms. The van der Waals surface area contributed by atoms with E-state index in [0.29, 0.717) is 11.8 Å². The fourth-order valence-corrected chi connectivity index (χ4v) is 5.08. The molecular formula is C28H56O2. The Bertz CT molecular complexity index is 379. The van der Waals surface area contributed by atoms with Crippen molar-refractivity contribution in [1.82, 2.24) is 0 Å². The maximum Gasteiger partial charge on any atom is 0.306 e. The summed E-state index contributed by atoms with van der Waals surface area (Å²) in [6.45, 7) is 11.1. The summed E-state index contributed by atoms with van der Waals surface area (Å²) in [7, 11) is 0. The van der Waals surface area contributed by atoms with Crippen LogP contribution in [0, 0.1) is 23.7 Å². The number of rotatable bonds is 22. The molecule has 0 aromatic carbocycles. The summed E-state index contributed by atoms with van der Waals surface area (Å²) in [6.07, 6.45) is 24.7. The molecule has 180 valence electrons. The second-order valence-electron chi connectivity index (χ2n) is 10.6. The van der Waals surface area contributed by atoms with Gasteiger partial charge in [-0.15, -0.1) is 0 Å². The molecule has 0 radical (unpaired) electrons. The molecular weight excluding hydrogens is 368 g/mol. The molecule has 0 saturated carbocycles. The largest absolute Gasteiger partial charge is 0.481 e. The third kappa shape index (κ3) is 19.4. The molecule has 1 N–H and O–H groups in total. The molecule has 0 rings (SSSR count). The van der Waals surface area contributed by atoms with Crippen LogP contribution < -0.4 is 0 Å². The molecule has 2 nitrogen and oxygen atoms in total. The summed E-state index contributed by atoms with van der Waals surface area (Å²) in [5, 5.41) is 9.07. The van der Waals surface area contributed by atoms with E-state index in [9.17, 15) is 4.79 Å². The zero-order valence-corrected chi connectivity index (χ0v) is 21.4. The molecule has 0 fully saturated rings. The van der Waals surface area contributed by atoms with E-state index < -0.39 is 5.97 Å². The van der Waals surface area contributed by atoms with Crippen molar-refractivity contribution in [2.45, 2.75) is 150 Å². The quantitative estimate of drug-likeness (QED) is 0.176. The lowest BCUT2D eigenvalue weighted by Crippen LogP contribution is -2.15. The van der Waals surface area contributed by atoms with Crippen LogP contribution in [-0.2, 0) is 4.79 Å². The average Bonchev–Trinajstić information content (AvgIpc) is 2.67. The predicted molar refractivity (Wildman–Crippen MR) is 133 cm³/mol. The zero-order chi connectivity index (χ0) is 22.6. The Morgan fingerprint density at radius 1 is 0.567 bits per heavy atom. The van der Waals surface area contributed by atoms with Crippen LogP contribution in [0.15, 0.2) is 0 Å². The minimum atomic E-state index is -0.652. The standard InChI is InChI=1S/C28H56O2/c1-6-7-8-9-10-11-12-13-14-15-16-17-18-19-20-24(2)21-25(3)22-26(4)23-27(5)28(29)30/h24-27H,6-23H2,1-5H3,(H,29,30). The van der Waals surface area contributed by atoms with Gasteiger partial charge in [0.1, 0.15) is 0 Å². The summed E-state index contributed by atoms with van der Waals surface area (Å²) in [6, 6.07) is 0. The first-order valence-corrected chi connectivity index (χ1v) is 13.6. The highest BCUT2D eigenvalue weighted by atomic mass is 16.4. The molecule has 0 aromatic rings. The van der Waals surface area contributed by atoms with Crippen LogP contribution in [0.5, 0.6) is 0 Å². The van der Waals surface area contributed by atoms with Crippen LogP contribution in [0.4, 0.5) is 0 Å². The van der Waals surface area contributed by atoms with Crippen molar-refractivity contribution in [1.29, 1.82) is 0 Å². The Morgan fingerprint density at radius 3 is 1.37 bits per heavy atom. The van der Waals surface area contributed by atoms with Crippen molar-refractivity contribution in [3.8, 4) is 0 Å². The Hall–Kier alpha value is -0.530. The first-order valence-electron chi connectivity index (χ1n) is 13.6. The van der Waals surface area contributed by atoms with Gasteiger partial charge in [-0.25, -0.2) is 0 Å². The van der Waals surface area contributed by atoms with E-state index in [1.54, 1.807) is 0 Å². The van der Waals surface area contributed by atoms with Gasteiger partial charge >= 0.3 is 5.97 Å². The van der Waals surface area contributed by atoms with Gasteiger partial charge in [0.2, 0.25) is 0 Å². The number of hydrogen-bond acceptors (Lipinski definition) is 1. The molecule has 0 aromatic heterocycles. The molecule has 0 saturated heterocycles.